The summed E-state index contributed by atoms with van der Waals surface area (Å²) in [5.41, 5.74) is 0.154. The third kappa shape index (κ3) is 1.91. The summed E-state index contributed by atoms with van der Waals surface area (Å²) in [6, 6.07) is 2.11. The number of carbonyl (C=O) groups is 1. The molecule has 0 heterocycles. The van der Waals surface area contributed by atoms with Crippen LogP contribution in [0.4, 0.5) is 0 Å². The first-order chi connectivity index (χ1) is 5.90. The number of carbonyl (C=O) groups excluding carboxylic acids is 1. The van der Waals surface area contributed by atoms with E-state index in [1.54, 1.807) is 0 Å². The Balaban J connectivity index is 2.64. The molecule has 1 fully saturated rings. The van der Waals surface area contributed by atoms with E-state index in [0.29, 0.717) is 0 Å². The van der Waals surface area contributed by atoms with Gasteiger partial charge in [0.25, 0.3) is 0 Å². The second kappa shape index (κ2) is 3.14. The monoisotopic (exact) mass is 179 g/mol. The van der Waals surface area contributed by atoms with Crippen LogP contribution < -0.4 is 0 Å². The quantitative estimate of drug-likeness (QED) is 0.667. The molecule has 2 nitrogen and oxygen atoms in total. The molecule has 1 aliphatic carbocycles. The zero-order valence-corrected chi connectivity index (χ0v) is 8.79. The van der Waals surface area contributed by atoms with Gasteiger partial charge < -0.3 is 0 Å². The van der Waals surface area contributed by atoms with E-state index < -0.39 is 5.92 Å². The molecule has 0 aromatic heterocycles. The average Bonchev–Trinajstić information content (AvgIpc) is 2.60. The predicted molar refractivity (Wildman–Crippen MR) is 50.8 cm³/mol. The Morgan fingerprint density at radius 2 is 2.00 bits per heavy atom. The molecule has 1 rings (SSSR count). The van der Waals surface area contributed by atoms with Crippen LogP contribution >= 0.6 is 0 Å². The van der Waals surface area contributed by atoms with Gasteiger partial charge in [0.1, 0.15) is 5.92 Å². The van der Waals surface area contributed by atoms with Gasteiger partial charge in [-0.1, -0.05) is 27.7 Å². The number of nitriles is 1. The predicted octanol–water partition coefficient (Wildman–Crippen LogP) is 2.40. The fraction of sp³-hybridized carbons (Fsp3) is 0.818. The maximum atomic E-state index is 11.8. The van der Waals surface area contributed by atoms with Crippen LogP contribution in [0.5, 0.6) is 0 Å². The Bertz CT molecular complexity index is 260. The Kier molecular flexibility index (Phi) is 2.47. The molecule has 0 spiro atoms. The molecule has 2 heteroatoms. The van der Waals surface area contributed by atoms with Crippen molar-refractivity contribution in [2.75, 3.05) is 0 Å². The smallest absolute Gasteiger partial charge is 0.153 e. The summed E-state index contributed by atoms with van der Waals surface area (Å²) in [4.78, 5) is 11.8. The third-order valence-corrected chi connectivity index (χ3v) is 2.97. The number of ketones is 1. The standard InChI is InChI=1S/C11H17NO/c1-7(2)8(6-12)10(13)9-5-11(9,3)4/h7-9H,5H2,1-4H3. The van der Waals surface area contributed by atoms with E-state index in [1.807, 2.05) is 13.8 Å². The molecular formula is C11H17NO. The van der Waals surface area contributed by atoms with E-state index in [4.69, 9.17) is 5.26 Å². The molecule has 2 atom stereocenters. The van der Waals surface area contributed by atoms with Gasteiger partial charge in [0, 0.05) is 5.92 Å². The van der Waals surface area contributed by atoms with Crippen molar-refractivity contribution in [2.24, 2.45) is 23.2 Å². The normalized spacial score (nSPS) is 26.6. The van der Waals surface area contributed by atoms with E-state index in [1.165, 1.54) is 0 Å². The van der Waals surface area contributed by atoms with Crippen LogP contribution in [0.3, 0.4) is 0 Å². The Labute approximate surface area is 79.9 Å². The van der Waals surface area contributed by atoms with Crippen LogP contribution in [0.25, 0.3) is 0 Å². The zero-order valence-electron chi connectivity index (χ0n) is 8.79. The highest BCUT2D eigenvalue weighted by Crippen LogP contribution is 2.53. The molecular weight excluding hydrogens is 162 g/mol. The van der Waals surface area contributed by atoms with E-state index in [2.05, 4.69) is 19.9 Å². The highest BCUT2D eigenvalue weighted by Gasteiger charge is 2.52. The summed E-state index contributed by atoms with van der Waals surface area (Å²) in [6.07, 6.45) is 0.955. The van der Waals surface area contributed by atoms with E-state index in [9.17, 15) is 4.79 Å². The van der Waals surface area contributed by atoms with Gasteiger partial charge >= 0.3 is 0 Å². The van der Waals surface area contributed by atoms with Gasteiger partial charge in [-0.3, -0.25) is 4.79 Å². The second-order valence-electron chi connectivity index (χ2n) is 5.00. The summed E-state index contributed by atoms with van der Waals surface area (Å²) in [5.74, 6) is 0.0442. The zero-order chi connectivity index (χ0) is 10.2. The minimum absolute atomic E-state index is 0.138. The Morgan fingerprint density at radius 3 is 2.23 bits per heavy atom. The van der Waals surface area contributed by atoms with Crippen molar-refractivity contribution in [3.8, 4) is 6.07 Å². The van der Waals surface area contributed by atoms with Crippen LogP contribution in [0.1, 0.15) is 34.1 Å². The molecule has 0 aliphatic heterocycles. The van der Waals surface area contributed by atoms with Crippen LogP contribution in [0.2, 0.25) is 0 Å². The molecule has 72 valence electrons. The first kappa shape index (κ1) is 10.2. The first-order valence-electron chi connectivity index (χ1n) is 4.83. The van der Waals surface area contributed by atoms with E-state index in [0.717, 1.165) is 6.42 Å². The van der Waals surface area contributed by atoms with Crippen LogP contribution in [-0.2, 0) is 4.79 Å². The molecule has 0 aromatic carbocycles. The van der Waals surface area contributed by atoms with Crippen molar-refractivity contribution in [1.29, 1.82) is 5.26 Å². The van der Waals surface area contributed by atoms with Crippen molar-refractivity contribution in [1.82, 2.24) is 0 Å². The summed E-state index contributed by atoms with van der Waals surface area (Å²) in [6.45, 7) is 8.04. The van der Waals surface area contributed by atoms with Crippen molar-refractivity contribution in [3.63, 3.8) is 0 Å². The SMILES string of the molecule is CC(C)C(C#N)C(=O)C1CC1(C)C. The highest BCUT2D eigenvalue weighted by molar-refractivity contribution is 5.88. The van der Waals surface area contributed by atoms with Crippen LogP contribution in [0.15, 0.2) is 0 Å². The molecule has 2 unspecified atom stereocenters. The van der Waals surface area contributed by atoms with Gasteiger partial charge in [0.15, 0.2) is 5.78 Å². The maximum Gasteiger partial charge on any atom is 0.153 e. The summed E-state index contributed by atoms with van der Waals surface area (Å²) < 4.78 is 0. The topological polar surface area (TPSA) is 40.9 Å². The molecule has 0 amide bonds. The summed E-state index contributed by atoms with van der Waals surface area (Å²) in [7, 11) is 0. The lowest BCUT2D eigenvalue weighted by Gasteiger charge is -2.12. The van der Waals surface area contributed by atoms with Gasteiger partial charge in [-0.15, -0.1) is 0 Å². The molecule has 1 saturated carbocycles. The van der Waals surface area contributed by atoms with Gasteiger partial charge in [0.05, 0.1) is 6.07 Å². The lowest BCUT2D eigenvalue weighted by Crippen LogP contribution is -2.21. The van der Waals surface area contributed by atoms with Crippen molar-refractivity contribution in [3.05, 3.63) is 0 Å². The third-order valence-electron chi connectivity index (χ3n) is 2.97. The van der Waals surface area contributed by atoms with E-state index in [-0.39, 0.29) is 23.0 Å². The number of Topliss-reactive ketones (excluding diaryl/α,β-unsaturated/α-hetero) is 1. The number of hydrogen-bond acceptors (Lipinski definition) is 2. The molecule has 13 heavy (non-hydrogen) atoms. The Morgan fingerprint density at radius 1 is 1.54 bits per heavy atom. The fourth-order valence-electron chi connectivity index (χ4n) is 1.71. The number of nitrogens with zero attached hydrogens (tertiary/aromatic N) is 1. The van der Waals surface area contributed by atoms with Crippen molar-refractivity contribution >= 4 is 5.78 Å². The lowest BCUT2D eigenvalue weighted by molar-refractivity contribution is -0.124. The van der Waals surface area contributed by atoms with Gasteiger partial charge in [-0.05, 0) is 17.8 Å². The van der Waals surface area contributed by atoms with Crippen LogP contribution in [0, 0.1) is 34.5 Å². The lowest BCUT2D eigenvalue weighted by atomic mass is 9.88. The van der Waals surface area contributed by atoms with Crippen molar-refractivity contribution in [2.45, 2.75) is 34.1 Å². The molecule has 1 aliphatic rings. The fourth-order valence-corrected chi connectivity index (χ4v) is 1.71. The van der Waals surface area contributed by atoms with Gasteiger partial charge in [-0.2, -0.15) is 5.26 Å². The van der Waals surface area contributed by atoms with Gasteiger partial charge in [0.2, 0.25) is 0 Å². The second-order valence-corrected chi connectivity index (χ2v) is 5.00. The molecule has 0 aromatic rings. The summed E-state index contributed by atoms with van der Waals surface area (Å²) in [5, 5.41) is 8.84. The molecule has 0 saturated heterocycles. The van der Waals surface area contributed by atoms with E-state index >= 15 is 0 Å². The number of hydrogen-bond donors (Lipinski definition) is 0. The maximum absolute atomic E-state index is 11.8. The minimum atomic E-state index is -0.397. The molecule has 0 bridgehead atoms. The summed E-state index contributed by atoms with van der Waals surface area (Å²) >= 11 is 0. The minimum Gasteiger partial charge on any atom is -0.298 e. The highest BCUT2D eigenvalue weighted by atomic mass is 16.1. The average molecular weight is 179 g/mol. The molecule has 0 N–H and O–H groups in total. The number of rotatable bonds is 3. The largest absolute Gasteiger partial charge is 0.298 e. The van der Waals surface area contributed by atoms with Gasteiger partial charge in [-0.25, -0.2) is 0 Å². The molecule has 0 radical (unpaired) electrons. The van der Waals surface area contributed by atoms with Crippen molar-refractivity contribution < 1.29 is 4.79 Å². The van der Waals surface area contributed by atoms with Crippen LogP contribution in [-0.4, -0.2) is 5.78 Å². The Hall–Kier alpha value is -0.840. The first-order valence-corrected chi connectivity index (χ1v) is 4.83.